The van der Waals surface area contributed by atoms with Crippen molar-refractivity contribution in [3.8, 4) is 11.5 Å². The van der Waals surface area contributed by atoms with E-state index >= 15 is 0 Å². The Bertz CT molecular complexity index is 1590. The summed E-state index contributed by atoms with van der Waals surface area (Å²) in [6.45, 7) is 4.76. The normalized spacial score (nSPS) is 16.5. The lowest BCUT2D eigenvalue weighted by Crippen LogP contribution is -2.31. The summed E-state index contributed by atoms with van der Waals surface area (Å²) >= 11 is 0. The molecule has 2 aromatic heterocycles. The van der Waals surface area contributed by atoms with Crippen LogP contribution in [0.15, 0.2) is 78.5 Å². The van der Waals surface area contributed by atoms with Gasteiger partial charge in [0.1, 0.15) is 11.3 Å². The largest absolute Gasteiger partial charge is 0.505 e. The molecule has 1 unspecified atom stereocenters. The standard InChI is InChI=1S/C33H35N3O5/c1-4-5-11-20-41-25-16-15-24(21-26(25)40-3)30-28(31(37)29-22(2)34-27-14-9-10-18-35(27)29)32(38)33(39)36(30)19-17-23-12-7-6-8-13-23/h6-10,12-16,18,21,30,37H,4-5,11,17,19-20H2,1-3H3. The second-order valence-corrected chi connectivity index (χ2v) is 10.2. The van der Waals surface area contributed by atoms with Crippen LogP contribution in [-0.2, 0) is 16.0 Å². The lowest BCUT2D eigenvalue weighted by atomic mass is 9.95. The lowest BCUT2D eigenvalue weighted by molar-refractivity contribution is -0.139. The van der Waals surface area contributed by atoms with Gasteiger partial charge < -0.3 is 19.5 Å². The Morgan fingerprint density at radius 2 is 1.78 bits per heavy atom. The minimum Gasteiger partial charge on any atom is -0.505 e. The number of carbonyl (C=O) groups excluding carboxylic acids is 2. The minimum absolute atomic E-state index is 0.0236. The highest BCUT2D eigenvalue weighted by Crippen LogP contribution is 2.42. The van der Waals surface area contributed by atoms with Crippen LogP contribution in [0.5, 0.6) is 11.5 Å². The van der Waals surface area contributed by atoms with Crippen molar-refractivity contribution in [3.63, 3.8) is 0 Å². The number of carbonyl (C=O) groups is 2. The number of Topliss-reactive ketones (excluding diaryl/α,β-unsaturated/α-hetero) is 1. The molecule has 8 nitrogen and oxygen atoms in total. The number of methoxy groups -OCH3 is 1. The number of pyridine rings is 1. The van der Waals surface area contributed by atoms with Crippen molar-refractivity contribution in [2.24, 2.45) is 0 Å². The van der Waals surface area contributed by atoms with Crippen molar-refractivity contribution in [1.82, 2.24) is 14.3 Å². The maximum Gasteiger partial charge on any atom is 0.295 e. The van der Waals surface area contributed by atoms with E-state index in [9.17, 15) is 14.7 Å². The number of ketones is 1. The number of hydrogen-bond donors (Lipinski definition) is 1. The number of aliphatic hydroxyl groups is 1. The van der Waals surface area contributed by atoms with Crippen molar-refractivity contribution in [2.75, 3.05) is 20.3 Å². The Morgan fingerprint density at radius 1 is 1.00 bits per heavy atom. The molecule has 1 fully saturated rings. The number of hydrogen-bond acceptors (Lipinski definition) is 6. The second kappa shape index (κ2) is 12.3. The fourth-order valence-electron chi connectivity index (χ4n) is 5.39. The molecule has 1 saturated heterocycles. The first-order valence-electron chi connectivity index (χ1n) is 14.0. The average molecular weight is 554 g/mol. The number of aryl methyl sites for hydroxylation is 1. The molecule has 212 valence electrons. The molecular weight excluding hydrogens is 518 g/mol. The summed E-state index contributed by atoms with van der Waals surface area (Å²) in [6, 6.07) is 19.9. The smallest absolute Gasteiger partial charge is 0.295 e. The van der Waals surface area contributed by atoms with Crippen molar-refractivity contribution >= 4 is 23.1 Å². The van der Waals surface area contributed by atoms with Gasteiger partial charge in [0.05, 0.1) is 31.0 Å². The Hall–Kier alpha value is -4.59. The van der Waals surface area contributed by atoms with Crippen LogP contribution < -0.4 is 9.47 Å². The van der Waals surface area contributed by atoms with E-state index < -0.39 is 17.7 Å². The van der Waals surface area contributed by atoms with Gasteiger partial charge in [-0.05, 0) is 55.2 Å². The number of aromatic nitrogens is 2. The molecule has 0 bridgehead atoms. The molecule has 0 radical (unpaired) electrons. The van der Waals surface area contributed by atoms with Gasteiger partial charge in [-0.15, -0.1) is 0 Å². The number of ether oxygens (including phenoxy) is 2. The third kappa shape index (κ3) is 5.55. The van der Waals surface area contributed by atoms with Gasteiger partial charge in [0.2, 0.25) is 0 Å². The van der Waals surface area contributed by atoms with Crippen molar-refractivity contribution in [2.45, 2.75) is 45.6 Å². The maximum absolute atomic E-state index is 13.6. The van der Waals surface area contributed by atoms with Gasteiger partial charge in [0, 0.05) is 12.7 Å². The minimum atomic E-state index is -0.824. The van der Waals surface area contributed by atoms with Gasteiger partial charge in [0.25, 0.3) is 11.7 Å². The zero-order valence-electron chi connectivity index (χ0n) is 23.7. The predicted molar refractivity (Wildman–Crippen MR) is 157 cm³/mol. The first kappa shape index (κ1) is 28.0. The lowest BCUT2D eigenvalue weighted by Gasteiger charge is -2.26. The molecule has 1 aliphatic heterocycles. The van der Waals surface area contributed by atoms with Crippen molar-refractivity contribution in [1.29, 1.82) is 0 Å². The molecule has 0 spiro atoms. The Morgan fingerprint density at radius 3 is 2.54 bits per heavy atom. The topological polar surface area (TPSA) is 93.4 Å². The van der Waals surface area contributed by atoms with E-state index in [0.29, 0.717) is 53.7 Å². The number of imidazole rings is 1. The van der Waals surface area contributed by atoms with Crippen LogP contribution in [0.3, 0.4) is 0 Å². The number of benzene rings is 2. The summed E-state index contributed by atoms with van der Waals surface area (Å²) in [6.07, 6.45) is 5.42. The Kier molecular flexibility index (Phi) is 8.38. The Labute approximate surface area is 239 Å². The van der Waals surface area contributed by atoms with Gasteiger partial charge in [-0.3, -0.25) is 14.0 Å². The van der Waals surface area contributed by atoms with E-state index in [1.807, 2.05) is 54.6 Å². The van der Waals surface area contributed by atoms with Crippen LogP contribution in [0.25, 0.3) is 11.4 Å². The summed E-state index contributed by atoms with van der Waals surface area (Å²) in [4.78, 5) is 33.2. The summed E-state index contributed by atoms with van der Waals surface area (Å²) in [5.41, 5.74) is 3.27. The summed E-state index contributed by atoms with van der Waals surface area (Å²) in [5.74, 6) is -0.557. The first-order valence-corrected chi connectivity index (χ1v) is 14.0. The SMILES string of the molecule is CCCCCOc1ccc(C2C(=C(O)c3c(C)nc4ccccn34)C(=O)C(=O)N2CCc2ccccc2)cc1OC. The fraction of sp³-hybridized carbons (Fsp3) is 0.303. The molecular formula is C33H35N3O5. The molecule has 8 heteroatoms. The number of aliphatic hydroxyl groups excluding tert-OH is 1. The van der Waals surface area contributed by atoms with E-state index in [2.05, 4.69) is 11.9 Å². The number of likely N-dealkylation sites (tertiary alicyclic amines) is 1. The van der Waals surface area contributed by atoms with E-state index in [0.717, 1.165) is 24.8 Å². The van der Waals surface area contributed by atoms with Gasteiger partial charge in [-0.25, -0.2) is 4.98 Å². The van der Waals surface area contributed by atoms with Gasteiger partial charge in [0.15, 0.2) is 17.3 Å². The molecule has 2 aromatic carbocycles. The molecule has 0 aliphatic carbocycles. The predicted octanol–water partition coefficient (Wildman–Crippen LogP) is 5.88. The summed E-state index contributed by atoms with van der Waals surface area (Å²) in [7, 11) is 1.56. The summed E-state index contributed by atoms with van der Waals surface area (Å²) < 4.78 is 13.4. The zero-order valence-corrected chi connectivity index (χ0v) is 23.7. The van der Waals surface area contributed by atoms with Gasteiger partial charge in [-0.1, -0.05) is 62.2 Å². The third-order valence-corrected chi connectivity index (χ3v) is 7.46. The monoisotopic (exact) mass is 553 g/mol. The molecule has 1 amide bonds. The quantitative estimate of drug-likeness (QED) is 0.108. The third-order valence-electron chi connectivity index (χ3n) is 7.46. The summed E-state index contributed by atoms with van der Waals surface area (Å²) in [5, 5.41) is 11.7. The molecule has 4 aromatic rings. The van der Waals surface area contributed by atoms with Gasteiger partial charge >= 0.3 is 0 Å². The highest BCUT2D eigenvalue weighted by atomic mass is 16.5. The van der Waals surface area contributed by atoms with E-state index in [1.165, 1.54) is 4.90 Å². The molecule has 1 N–H and O–H groups in total. The van der Waals surface area contributed by atoms with E-state index in [1.54, 1.807) is 36.8 Å². The number of amides is 1. The van der Waals surface area contributed by atoms with E-state index in [-0.39, 0.29) is 11.3 Å². The van der Waals surface area contributed by atoms with Crippen LogP contribution in [0, 0.1) is 6.92 Å². The van der Waals surface area contributed by atoms with Crippen LogP contribution in [-0.4, -0.2) is 51.3 Å². The first-order chi connectivity index (χ1) is 19.9. The van der Waals surface area contributed by atoms with Crippen molar-refractivity contribution in [3.05, 3.63) is 101 Å². The van der Waals surface area contributed by atoms with Crippen LogP contribution in [0.2, 0.25) is 0 Å². The number of fused-ring (bicyclic) bond motifs is 1. The number of nitrogens with zero attached hydrogens (tertiary/aromatic N) is 3. The number of unbranched alkanes of at least 4 members (excludes halogenated alkanes) is 2. The second-order valence-electron chi connectivity index (χ2n) is 10.2. The van der Waals surface area contributed by atoms with Crippen LogP contribution in [0.4, 0.5) is 0 Å². The van der Waals surface area contributed by atoms with E-state index in [4.69, 9.17) is 9.47 Å². The Balaban J connectivity index is 1.60. The molecule has 41 heavy (non-hydrogen) atoms. The van der Waals surface area contributed by atoms with Crippen LogP contribution in [0.1, 0.15) is 54.7 Å². The fourth-order valence-corrected chi connectivity index (χ4v) is 5.39. The molecule has 1 aliphatic rings. The highest BCUT2D eigenvalue weighted by molar-refractivity contribution is 6.46. The van der Waals surface area contributed by atoms with Crippen LogP contribution >= 0.6 is 0 Å². The molecule has 5 rings (SSSR count). The zero-order chi connectivity index (χ0) is 28.9. The van der Waals surface area contributed by atoms with Gasteiger partial charge in [-0.2, -0.15) is 0 Å². The number of rotatable bonds is 11. The maximum atomic E-state index is 13.6. The van der Waals surface area contributed by atoms with Crippen molar-refractivity contribution < 1.29 is 24.2 Å². The highest BCUT2D eigenvalue weighted by Gasteiger charge is 2.46. The molecule has 1 atom stereocenters. The average Bonchev–Trinajstić information content (AvgIpc) is 3.46. The molecule has 0 saturated carbocycles. The molecule has 3 heterocycles.